The summed E-state index contributed by atoms with van der Waals surface area (Å²) in [4.78, 5) is 26.8. The fraction of sp³-hybridized carbons (Fsp3) is 0.261. The van der Waals surface area contributed by atoms with E-state index in [1.807, 2.05) is 39.0 Å². The number of benzene rings is 2. The smallest absolute Gasteiger partial charge is 0.266 e. The van der Waals surface area contributed by atoms with Gasteiger partial charge in [0.1, 0.15) is 4.32 Å². The van der Waals surface area contributed by atoms with Crippen LogP contribution in [0.1, 0.15) is 23.6 Å². The van der Waals surface area contributed by atoms with E-state index >= 15 is 0 Å². The monoisotopic (exact) mass is 456 g/mol. The molecule has 2 aromatic rings. The van der Waals surface area contributed by atoms with Crippen molar-refractivity contribution in [1.82, 2.24) is 4.90 Å². The number of likely N-dealkylation sites (N-methyl/N-ethyl adjacent to an activating group) is 1. The van der Waals surface area contributed by atoms with Crippen molar-refractivity contribution in [3.05, 3.63) is 58.0 Å². The Morgan fingerprint density at radius 3 is 2.58 bits per heavy atom. The Labute approximate surface area is 191 Å². The van der Waals surface area contributed by atoms with E-state index in [4.69, 9.17) is 21.7 Å². The van der Waals surface area contributed by atoms with Crippen molar-refractivity contribution in [3.63, 3.8) is 0 Å². The molecule has 0 aromatic heterocycles. The quantitative estimate of drug-likeness (QED) is 0.487. The number of ether oxygens (including phenoxy) is 2. The number of carbonyl (C=O) groups excluding carboxylic acids is 2. The van der Waals surface area contributed by atoms with Gasteiger partial charge in [-0.25, -0.2) is 0 Å². The molecule has 0 unspecified atom stereocenters. The van der Waals surface area contributed by atoms with E-state index in [9.17, 15) is 9.59 Å². The Bertz CT molecular complexity index is 1070. The van der Waals surface area contributed by atoms with Gasteiger partial charge >= 0.3 is 0 Å². The zero-order valence-electron chi connectivity index (χ0n) is 17.9. The number of thioether (sulfide) groups is 1. The number of hydrogen-bond acceptors (Lipinski definition) is 6. The average molecular weight is 457 g/mol. The molecule has 1 fully saturated rings. The zero-order valence-corrected chi connectivity index (χ0v) is 19.5. The minimum atomic E-state index is -0.266. The van der Waals surface area contributed by atoms with Crippen LogP contribution in [-0.4, -0.2) is 41.3 Å². The highest BCUT2D eigenvalue weighted by atomic mass is 32.2. The largest absolute Gasteiger partial charge is 0.493 e. The molecule has 162 valence electrons. The van der Waals surface area contributed by atoms with Gasteiger partial charge in [0.15, 0.2) is 18.1 Å². The molecular formula is C23H24N2O4S2. The van der Waals surface area contributed by atoms with Crippen LogP contribution in [0.5, 0.6) is 11.5 Å². The maximum absolute atomic E-state index is 12.4. The highest BCUT2D eigenvalue weighted by molar-refractivity contribution is 8.26. The van der Waals surface area contributed by atoms with Gasteiger partial charge in [-0.3, -0.25) is 14.5 Å². The van der Waals surface area contributed by atoms with Crippen LogP contribution in [0.4, 0.5) is 5.69 Å². The summed E-state index contributed by atoms with van der Waals surface area (Å²) >= 11 is 6.52. The van der Waals surface area contributed by atoms with Gasteiger partial charge in [-0.2, -0.15) is 0 Å². The van der Waals surface area contributed by atoms with E-state index in [1.54, 1.807) is 29.2 Å². The van der Waals surface area contributed by atoms with Crippen molar-refractivity contribution in [2.75, 3.05) is 25.6 Å². The van der Waals surface area contributed by atoms with Gasteiger partial charge in [0.2, 0.25) is 0 Å². The Hall–Kier alpha value is -2.84. The van der Waals surface area contributed by atoms with E-state index in [0.29, 0.717) is 27.3 Å². The summed E-state index contributed by atoms with van der Waals surface area (Å²) in [5.41, 5.74) is 3.77. The SMILES string of the molecule is CCN1C(=O)C(=Cc2ccc(OCC(=O)Nc3ccc(C)c(C)c3)c(OC)c2)SC1=S. The number of aryl methyl sites for hydroxylation is 2. The van der Waals surface area contributed by atoms with Crippen molar-refractivity contribution < 1.29 is 19.1 Å². The van der Waals surface area contributed by atoms with Gasteiger partial charge in [-0.05, 0) is 67.8 Å². The van der Waals surface area contributed by atoms with Crippen LogP contribution in [0.3, 0.4) is 0 Å². The molecule has 0 atom stereocenters. The standard InChI is InChI=1S/C23H24N2O4S2/c1-5-25-22(27)20(31-23(25)30)12-16-7-9-18(19(11-16)28-4)29-13-21(26)24-17-8-6-14(2)15(3)10-17/h6-12H,5,13H2,1-4H3,(H,24,26). The zero-order chi connectivity index (χ0) is 22.5. The normalized spacial score (nSPS) is 14.8. The molecule has 0 spiro atoms. The Morgan fingerprint density at radius 1 is 1.16 bits per heavy atom. The van der Waals surface area contributed by atoms with Gasteiger partial charge in [0.25, 0.3) is 11.8 Å². The molecule has 8 heteroatoms. The first-order valence-electron chi connectivity index (χ1n) is 9.75. The van der Waals surface area contributed by atoms with Crippen molar-refractivity contribution in [2.45, 2.75) is 20.8 Å². The third kappa shape index (κ3) is 5.45. The van der Waals surface area contributed by atoms with E-state index in [0.717, 1.165) is 22.4 Å². The molecule has 1 aliphatic rings. The Balaban J connectivity index is 1.67. The summed E-state index contributed by atoms with van der Waals surface area (Å²) in [5, 5.41) is 2.82. The van der Waals surface area contributed by atoms with Crippen LogP contribution < -0.4 is 14.8 Å². The molecule has 2 aromatic carbocycles. The predicted octanol–water partition coefficient (Wildman–Crippen LogP) is 4.55. The minimum absolute atomic E-state index is 0.0974. The third-order valence-corrected chi connectivity index (χ3v) is 6.20. The van der Waals surface area contributed by atoms with Crippen molar-refractivity contribution in [3.8, 4) is 11.5 Å². The van der Waals surface area contributed by atoms with Gasteiger partial charge in [0, 0.05) is 12.2 Å². The first kappa shape index (κ1) is 22.8. The molecule has 1 saturated heterocycles. The molecular weight excluding hydrogens is 432 g/mol. The van der Waals surface area contributed by atoms with Gasteiger partial charge < -0.3 is 14.8 Å². The topological polar surface area (TPSA) is 67.9 Å². The van der Waals surface area contributed by atoms with Crippen molar-refractivity contribution >= 4 is 51.9 Å². The van der Waals surface area contributed by atoms with Crippen molar-refractivity contribution in [2.24, 2.45) is 0 Å². The first-order chi connectivity index (χ1) is 14.8. The molecule has 6 nitrogen and oxygen atoms in total. The number of nitrogens with zero attached hydrogens (tertiary/aromatic N) is 1. The summed E-state index contributed by atoms with van der Waals surface area (Å²) in [5.74, 6) is 0.548. The maximum Gasteiger partial charge on any atom is 0.266 e. The molecule has 2 amide bonds. The maximum atomic E-state index is 12.4. The summed E-state index contributed by atoms with van der Waals surface area (Å²) in [6.45, 7) is 6.29. The summed E-state index contributed by atoms with van der Waals surface area (Å²) < 4.78 is 11.6. The van der Waals surface area contributed by atoms with E-state index in [-0.39, 0.29) is 18.4 Å². The van der Waals surface area contributed by atoms with Crippen LogP contribution in [0.2, 0.25) is 0 Å². The van der Waals surface area contributed by atoms with Gasteiger partial charge in [0.05, 0.1) is 12.0 Å². The number of hydrogen-bond donors (Lipinski definition) is 1. The number of thiocarbonyl (C=S) groups is 1. The number of methoxy groups -OCH3 is 1. The van der Waals surface area contributed by atoms with Crippen LogP contribution in [-0.2, 0) is 9.59 Å². The summed E-state index contributed by atoms with van der Waals surface area (Å²) in [6, 6.07) is 11.0. The predicted molar refractivity (Wildman–Crippen MR) is 129 cm³/mol. The van der Waals surface area contributed by atoms with Crippen LogP contribution in [0, 0.1) is 13.8 Å². The lowest BCUT2D eigenvalue weighted by atomic mass is 10.1. The second kappa shape index (κ2) is 9.98. The van der Waals surface area contributed by atoms with Gasteiger partial charge in [-0.1, -0.05) is 36.1 Å². The third-order valence-electron chi connectivity index (χ3n) is 4.82. The molecule has 0 radical (unpaired) electrons. The Morgan fingerprint density at radius 2 is 1.94 bits per heavy atom. The molecule has 0 bridgehead atoms. The molecule has 0 aliphatic carbocycles. The lowest BCUT2D eigenvalue weighted by Crippen LogP contribution is -2.27. The number of rotatable bonds is 7. The highest BCUT2D eigenvalue weighted by Gasteiger charge is 2.30. The average Bonchev–Trinajstić information content (AvgIpc) is 3.01. The molecule has 31 heavy (non-hydrogen) atoms. The van der Waals surface area contributed by atoms with E-state index < -0.39 is 0 Å². The lowest BCUT2D eigenvalue weighted by Gasteiger charge is -2.12. The minimum Gasteiger partial charge on any atom is -0.493 e. The Kier molecular flexibility index (Phi) is 7.35. The summed E-state index contributed by atoms with van der Waals surface area (Å²) in [6.07, 6.45) is 1.77. The fourth-order valence-corrected chi connectivity index (χ4v) is 4.36. The highest BCUT2D eigenvalue weighted by Crippen LogP contribution is 2.34. The molecule has 3 rings (SSSR count). The second-order valence-electron chi connectivity index (χ2n) is 6.97. The van der Waals surface area contributed by atoms with E-state index in [2.05, 4.69) is 5.32 Å². The molecule has 1 N–H and O–H groups in total. The van der Waals surface area contributed by atoms with Gasteiger partial charge in [-0.15, -0.1) is 0 Å². The lowest BCUT2D eigenvalue weighted by molar-refractivity contribution is -0.122. The van der Waals surface area contributed by atoms with Crippen molar-refractivity contribution in [1.29, 1.82) is 0 Å². The number of anilines is 1. The first-order valence-corrected chi connectivity index (χ1v) is 11.0. The van der Waals surface area contributed by atoms with Crippen LogP contribution in [0.15, 0.2) is 41.3 Å². The second-order valence-corrected chi connectivity index (χ2v) is 8.65. The number of carbonyl (C=O) groups is 2. The van der Waals surface area contributed by atoms with E-state index in [1.165, 1.54) is 18.9 Å². The van der Waals surface area contributed by atoms with Crippen LogP contribution >= 0.6 is 24.0 Å². The molecule has 1 aliphatic heterocycles. The number of amides is 2. The summed E-state index contributed by atoms with van der Waals surface area (Å²) in [7, 11) is 1.53. The fourth-order valence-electron chi connectivity index (χ4n) is 2.98. The van der Waals surface area contributed by atoms with Crippen LogP contribution in [0.25, 0.3) is 6.08 Å². The molecule has 1 heterocycles. The number of nitrogens with one attached hydrogen (secondary N) is 1. The molecule has 0 saturated carbocycles.